The average molecular weight is 385 g/mol. The molecule has 1 amide bonds. The molecular weight excluding hydrogens is 356 g/mol. The molecule has 4 fully saturated rings. The van der Waals surface area contributed by atoms with Crippen LogP contribution in [0.25, 0.3) is 22.0 Å². The van der Waals surface area contributed by atoms with Crippen molar-refractivity contribution < 1.29 is 4.79 Å². The maximum Gasteiger partial charge on any atom is 0.224 e. The van der Waals surface area contributed by atoms with Crippen LogP contribution < -0.4 is 5.32 Å². The molecule has 4 aliphatic rings. The number of amides is 1. The summed E-state index contributed by atoms with van der Waals surface area (Å²) >= 11 is 0. The zero-order valence-corrected chi connectivity index (χ0v) is 16.8. The Morgan fingerprint density at radius 1 is 0.931 bits per heavy atom. The van der Waals surface area contributed by atoms with Crippen molar-refractivity contribution in [3.63, 3.8) is 0 Å². The Kier molecular flexibility index (Phi) is 3.87. The van der Waals surface area contributed by atoms with Gasteiger partial charge in [0.25, 0.3) is 0 Å². The summed E-state index contributed by atoms with van der Waals surface area (Å²) in [7, 11) is 0. The lowest BCUT2D eigenvalue weighted by Crippen LogP contribution is -2.60. The van der Waals surface area contributed by atoms with Crippen molar-refractivity contribution in [2.45, 2.75) is 50.5 Å². The van der Waals surface area contributed by atoms with Gasteiger partial charge in [0.2, 0.25) is 5.91 Å². The van der Waals surface area contributed by atoms with Gasteiger partial charge in [-0.3, -0.25) is 4.79 Å². The van der Waals surface area contributed by atoms with Crippen molar-refractivity contribution in [3.05, 3.63) is 60.3 Å². The molecule has 4 bridgehead atoms. The lowest BCUT2D eigenvalue weighted by molar-refractivity contribution is -0.126. The van der Waals surface area contributed by atoms with Gasteiger partial charge in [-0.05, 0) is 85.1 Å². The number of benzene rings is 2. The fraction of sp³-hybridized carbons (Fsp3) is 0.423. The number of hydrogen-bond acceptors (Lipinski definition) is 1. The normalized spacial score (nSPS) is 30.0. The summed E-state index contributed by atoms with van der Waals surface area (Å²) in [4.78, 5) is 16.4. The minimum absolute atomic E-state index is 0.0904. The number of aromatic nitrogens is 1. The first-order chi connectivity index (χ1) is 14.2. The molecule has 3 aromatic rings. The highest BCUT2D eigenvalue weighted by atomic mass is 16.1. The Morgan fingerprint density at radius 2 is 1.62 bits per heavy atom. The fourth-order valence-electron chi connectivity index (χ4n) is 6.91. The highest BCUT2D eigenvalue weighted by molar-refractivity contribution is 5.92. The Hall–Kier alpha value is -2.55. The van der Waals surface area contributed by atoms with Crippen molar-refractivity contribution in [1.82, 2.24) is 10.3 Å². The molecule has 0 radical (unpaired) electrons. The Bertz CT molecular complexity index is 1030. The van der Waals surface area contributed by atoms with E-state index in [4.69, 9.17) is 0 Å². The Balaban J connectivity index is 1.24. The van der Waals surface area contributed by atoms with E-state index in [1.807, 2.05) is 12.3 Å². The van der Waals surface area contributed by atoms with Crippen LogP contribution in [0, 0.1) is 17.8 Å². The lowest BCUT2D eigenvalue weighted by Gasteiger charge is -2.56. The van der Waals surface area contributed by atoms with Crippen LogP contribution in [0.3, 0.4) is 0 Å². The summed E-state index contributed by atoms with van der Waals surface area (Å²) in [5, 5.41) is 4.68. The number of hydrogen-bond donors (Lipinski definition) is 2. The minimum atomic E-state index is 0.0904. The smallest absolute Gasteiger partial charge is 0.224 e. The molecular formula is C26H28N2O. The van der Waals surface area contributed by atoms with Gasteiger partial charge in [-0.2, -0.15) is 0 Å². The molecule has 2 N–H and O–H groups in total. The lowest BCUT2D eigenvalue weighted by atomic mass is 9.53. The first kappa shape index (κ1) is 17.3. The molecule has 4 saturated carbocycles. The van der Waals surface area contributed by atoms with E-state index < -0.39 is 0 Å². The van der Waals surface area contributed by atoms with E-state index in [1.54, 1.807) is 0 Å². The number of aromatic amines is 1. The molecule has 0 aliphatic heterocycles. The highest BCUT2D eigenvalue weighted by Crippen LogP contribution is 2.55. The van der Waals surface area contributed by atoms with Crippen molar-refractivity contribution in [2.24, 2.45) is 17.8 Å². The molecule has 0 unspecified atom stereocenters. The third-order valence-electron chi connectivity index (χ3n) is 7.67. The molecule has 29 heavy (non-hydrogen) atoms. The predicted octanol–water partition coefficient (Wildman–Crippen LogP) is 5.46. The molecule has 3 nitrogen and oxygen atoms in total. The first-order valence-corrected chi connectivity index (χ1v) is 11.1. The molecule has 0 saturated heterocycles. The van der Waals surface area contributed by atoms with Crippen LogP contribution >= 0.6 is 0 Å². The van der Waals surface area contributed by atoms with Gasteiger partial charge < -0.3 is 10.3 Å². The number of fused-ring (bicyclic) bond motifs is 1. The fourth-order valence-corrected chi connectivity index (χ4v) is 6.91. The van der Waals surface area contributed by atoms with E-state index in [-0.39, 0.29) is 11.4 Å². The van der Waals surface area contributed by atoms with Crippen LogP contribution in [0.4, 0.5) is 0 Å². The van der Waals surface area contributed by atoms with Crippen LogP contribution in [0.2, 0.25) is 0 Å². The van der Waals surface area contributed by atoms with Crippen molar-refractivity contribution in [2.75, 3.05) is 0 Å². The monoisotopic (exact) mass is 384 g/mol. The van der Waals surface area contributed by atoms with E-state index >= 15 is 0 Å². The highest BCUT2D eigenvalue weighted by Gasteiger charge is 2.51. The van der Waals surface area contributed by atoms with Crippen LogP contribution in [0.1, 0.15) is 44.1 Å². The van der Waals surface area contributed by atoms with Crippen LogP contribution in [0.5, 0.6) is 0 Å². The molecule has 7 rings (SSSR count). The number of H-pyrrole nitrogens is 1. The molecule has 3 heteroatoms. The van der Waals surface area contributed by atoms with E-state index in [1.165, 1.54) is 49.7 Å². The predicted molar refractivity (Wildman–Crippen MR) is 116 cm³/mol. The van der Waals surface area contributed by atoms with E-state index in [9.17, 15) is 4.79 Å². The molecule has 2 aromatic carbocycles. The summed E-state index contributed by atoms with van der Waals surface area (Å²) in [5.74, 6) is 2.74. The van der Waals surface area contributed by atoms with Gasteiger partial charge >= 0.3 is 0 Å². The number of rotatable bonds is 4. The quantitative estimate of drug-likeness (QED) is 0.616. The molecule has 148 valence electrons. The number of carbonyl (C=O) groups excluding carboxylic acids is 1. The third-order valence-corrected chi connectivity index (χ3v) is 7.67. The van der Waals surface area contributed by atoms with Gasteiger partial charge in [-0.1, -0.05) is 36.4 Å². The minimum Gasteiger partial charge on any atom is -0.361 e. The summed E-state index contributed by atoms with van der Waals surface area (Å²) < 4.78 is 0. The SMILES string of the molecule is O=C(Cc1c[nH]c2ccc(-c3ccccc3)cc12)NC12CC3CC(CC(C3)C1)C2. The van der Waals surface area contributed by atoms with Gasteiger partial charge in [0.05, 0.1) is 6.42 Å². The Morgan fingerprint density at radius 3 is 2.31 bits per heavy atom. The van der Waals surface area contributed by atoms with E-state index in [0.717, 1.165) is 34.2 Å². The van der Waals surface area contributed by atoms with Crippen LogP contribution in [-0.4, -0.2) is 16.4 Å². The number of carbonyl (C=O) groups is 1. The third kappa shape index (κ3) is 3.08. The van der Waals surface area contributed by atoms with Crippen molar-refractivity contribution in [1.29, 1.82) is 0 Å². The van der Waals surface area contributed by atoms with Gasteiger partial charge in [0, 0.05) is 22.6 Å². The Labute approximate surface area is 171 Å². The molecule has 0 atom stereocenters. The summed E-state index contributed by atoms with van der Waals surface area (Å²) in [6.07, 6.45) is 10.3. The average Bonchev–Trinajstić information content (AvgIpc) is 3.09. The number of nitrogens with one attached hydrogen (secondary N) is 2. The van der Waals surface area contributed by atoms with Gasteiger partial charge in [0.15, 0.2) is 0 Å². The maximum atomic E-state index is 13.1. The molecule has 1 aromatic heterocycles. The second kappa shape index (κ2) is 6.48. The summed E-state index contributed by atoms with van der Waals surface area (Å²) in [6.45, 7) is 0. The maximum absolute atomic E-state index is 13.1. The van der Waals surface area contributed by atoms with Gasteiger partial charge in [0.1, 0.15) is 0 Å². The second-order valence-corrected chi connectivity index (χ2v) is 9.86. The van der Waals surface area contributed by atoms with Gasteiger partial charge in [-0.15, -0.1) is 0 Å². The summed E-state index contributed by atoms with van der Waals surface area (Å²) in [5.41, 5.74) is 4.69. The van der Waals surface area contributed by atoms with Crippen molar-refractivity contribution >= 4 is 16.8 Å². The second-order valence-electron chi connectivity index (χ2n) is 9.86. The first-order valence-electron chi connectivity index (χ1n) is 11.1. The summed E-state index contributed by atoms with van der Waals surface area (Å²) in [6, 6.07) is 16.9. The van der Waals surface area contributed by atoms with E-state index in [0.29, 0.717) is 6.42 Å². The van der Waals surface area contributed by atoms with Crippen molar-refractivity contribution in [3.8, 4) is 11.1 Å². The zero-order valence-electron chi connectivity index (χ0n) is 16.8. The molecule has 0 spiro atoms. The zero-order chi connectivity index (χ0) is 19.4. The van der Waals surface area contributed by atoms with E-state index in [2.05, 4.69) is 52.8 Å². The molecule has 1 heterocycles. The standard InChI is InChI=1S/C26H28N2O/c29-25(28-26-13-17-8-18(14-26)10-19(9-17)15-26)12-22-16-27-24-7-6-21(11-23(22)24)20-4-2-1-3-5-20/h1-7,11,16-19,27H,8-10,12-15H2,(H,28,29). The van der Waals surface area contributed by atoms with Gasteiger partial charge in [-0.25, -0.2) is 0 Å². The van der Waals surface area contributed by atoms with Crippen LogP contribution in [0.15, 0.2) is 54.7 Å². The van der Waals surface area contributed by atoms with Crippen LogP contribution in [-0.2, 0) is 11.2 Å². The molecule has 4 aliphatic carbocycles. The largest absolute Gasteiger partial charge is 0.361 e. The topological polar surface area (TPSA) is 44.9 Å².